The number of nitrogens with zero attached hydrogens (tertiary/aromatic N) is 1. The van der Waals surface area contributed by atoms with Crippen molar-refractivity contribution in [1.82, 2.24) is 4.98 Å². The van der Waals surface area contributed by atoms with Crippen LogP contribution >= 0.6 is 45.8 Å². The van der Waals surface area contributed by atoms with E-state index in [2.05, 4.69) is 10.3 Å². The largest absolute Gasteiger partial charge is 0.321 e. The van der Waals surface area contributed by atoms with Gasteiger partial charge >= 0.3 is 0 Å². The normalized spacial score (nSPS) is 10.3. The first kappa shape index (κ1) is 14.5. The van der Waals surface area contributed by atoms with E-state index in [9.17, 15) is 9.18 Å². The molecule has 0 saturated carbocycles. The maximum Gasteiger partial charge on any atom is 0.258 e. The minimum absolute atomic E-state index is 0.0159. The van der Waals surface area contributed by atoms with Gasteiger partial charge in [0, 0.05) is 3.57 Å². The van der Waals surface area contributed by atoms with Gasteiger partial charge < -0.3 is 5.32 Å². The lowest BCUT2D eigenvalue weighted by molar-refractivity contribution is 0.102. The number of carbonyl (C=O) groups excluding carboxylic acids is 1. The van der Waals surface area contributed by atoms with Crippen molar-refractivity contribution < 1.29 is 9.18 Å². The van der Waals surface area contributed by atoms with E-state index in [-0.39, 0.29) is 21.7 Å². The summed E-state index contributed by atoms with van der Waals surface area (Å²) in [5, 5.41) is 2.86. The van der Waals surface area contributed by atoms with Crippen molar-refractivity contribution >= 4 is 57.4 Å². The molecule has 0 fully saturated rings. The molecule has 1 N–H and O–H groups in total. The third-order valence-electron chi connectivity index (χ3n) is 2.24. The van der Waals surface area contributed by atoms with Gasteiger partial charge in [0.25, 0.3) is 5.91 Å². The Morgan fingerprint density at radius 3 is 2.63 bits per heavy atom. The van der Waals surface area contributed by atoms with Crippen molar-refractivity contribution in [1.29, 1.82) is 0 Å². The second-order valence-electron chi connectivity index (χ2n) is 3.55. The average molecular weight is 411 g/mol. The lowest BCUT2D eigenvalue weighted by Gasteiger charge is -2.08. The number of anilines is 1. The Hall–Kier alpha value is -0.920. The van der Waals surface area contributed by atoms with Crippen LogP contribution in [0.25, 0.3) is 0 Å². The van der Waals surface area contributed by atoms with E-state index in [1.54, 1.807) is 0 Å². The molecule has 19 heavy (non-hydrogen) atoms. The number of halogens is 4. The molecule has 1 aromatic carbocycles. The smallest absolute Gasteiger partial charge is 0.258 e. The number of benzene rings is 1. The molecule has 0 unspecified atom stereocenters. The van der Waals surface area contributed by atoms with E-state index in [0.717, 1.165) is 0 Å². The molecule has 0 spiro atoms. The van der Waals surface area contributed by atoms with Crippen molar-refractivity contribution in [3.05, 3.63) is 55.6 Å². The number of carbonyl (C=O) groups is 1. The standard InChI is InChI=1S/C12H6Cl2FIN2O/c13-10-4-2-7(11(14)18-10)12(19)17-9-3-1-6(15)5-8(9)16/h1-5H,(H,17,19). The zero-order valence-electron chi connectivity index (χ0n) is 9.25. The zero-order valence-corrected chi connectivity index (χ0v) is 12.9. The van der Waals surface area contributed by atoms with Crippen molar-refractivity contribution in [3.8, 4) is 0 Å². The Kier molecular flexibility index (Phi) is 4.59. The Labute approximate surface area is 132 Å². The second kappa shape index (κ2) is 6.02. The Bertz CT molecular complexity index is 652. The molecule has 2 aromatic rings. The summed E-state index contributed by atoms with van der Waals surface area (Å²) in [5.74, 6) is -0.799. The molecule has 0 aliphatic rings. The highest BCUT2D eigenvalue weighted by Crippen LogP contribution is 2.22. The first-order valence-electron chi connectivity index (χ1n) is 5.06. The highest BCUT2D eigenvalue weighted by Gasteiger charge is 2.13. The van der Waals surface area contributed by atoms with Gasteiger partial charge in [-0.15, -0.1) is 0 Å². The number of hydrogen-bond donors (Lipinski definition) is 1. The number of nitrogens with one attached hydrogen (secondary N) is 1. The Morgan fingerprint density at radius 1 is 1.26 bits per heavy atom. The van der Waals surface area contributed by atoms with Crippen LogP contribution in [0.4, 0.5) is 10.1 Å². The number of rotatable bonds is 2. The van der Waals surface area contributed by atoms with Gasteiger partial charge in [0.15, 0.2) is 0 Å². The van der Waals surface area contributed by atoms with Crippen molar-refractivity contribution in [2.75, 3.05) is 5.32 Å². The average Bonchev–Trinajstić information content (AvgIpc) is 2.32. The summed E-state index contributed by atoms with van der Waals surface area (Å²) in [6.45, 7) is 0. The van der Waals surface area contributed by atoms with Crippen molar-refractivity contribution in [2.45, 2.75) is 0 Å². The topological polar surface area (TPSA) is 42.0 Å². The monoisotopic (exact) mass is 410 g/mol. The van der Waals surface area contributed by atoms with Gasteiger partial charge in [-0.05, 0) is 52.9 Å². The van der Waals surface area contributed by atoms with Crippen LogP contribution in [-0.4, -0.2) is 10.9 Å². The molecule has 0 atom stereocenters. The van der Waals surface area contributed by atoms with Gasteiger partial charge in [-0.2, -0.15) is 0 Å². The maximum absolute atomic E-state index is 13.0. The molecular formula is C12H6Cl2FIN2O. The molecule has 1 heterocycles. The summed E-state index contributed by atoms with van der Waals surface area (Å²) < 4.78 is 13.5. The number of hydrogen-bond acceptors (Lipinski definition) is 2. The van der Waals surface area contributed by atoms with Gasteiger partial charge in [0.2, 0.25) is 0 Å². The van der Waals surface area contributed by atoms with Gasteiger partial charge in [-0.3, -0.25) is 4.79 Å². The summed E-state index contributed by atoms with van der Waals surface area (Å²) >= 11 is 13.4. The zero-order chi connectivity index (χ0) is 14.0. The number of pyridine rings is 1. The quantitative estimate of drug-likeness (QED) is 0.589. The SMILES string of the molecule is O=C(Nc1ccc(F)cc1I)c1ccc(Cl)nc1Cl. The lowest BCUT2D eigenvalue weighted by atomic mass is 10.2. The minimum atomic E-state index is -0.432. The summed E-state index contributed by atoms with van der Waals surface area (Å²) in [6, 6.07) is 7.00. The fraction of sp³-hybridized carbons (Fsp3) is 0. The molecule has 2 rings (SSSR count). The van der Waals surface area contributed by atoms with Crippen LogP contribution in [0.15, 0.2) is 30.3 Å². The fourth-order valence-electron chi connectivity index (χ4n) is 1.36. The fourth-order valence-corrected chi connectivity index (χ4v) is 2.40. The van der Waals surface area contributed by atoms with E-state index >= 15 is 0 Å². The van der Waals surface area contributed by atoms with Crippen molar-refractivity contribution in [3.63, 3.8) is 0 Å². The first-order chi connectivity index (χ1) is 8.97. The highest BCUT2D eigenvalue weighted by atomic mass is 127. The van der Waals surface area contributed by atoms with Crippen LogP contribution < -0.4 is 5.32 Å². The van der Waals surface area contributed by atoms with Crippen LogP contribution in [0.2, 0.25) is 10.3 Å². The van der Waals surface area contributed by atoms with Crippen LogP contribution in [0.5, 0.6) is 0 Å². The Balaban J connectivity index is 2.25. The van der Waals surface area contributed by atoms with E-state index < -0.39 is 5.91 Å². The maximum atomic E-state index is 13.0. The molecule has 0 radical (unpaired) electrons. The number of aromatic nitrogens is 1. The highest BCUT2D eigenvalue weighted by molar-refractivity contribution is 14.1. The third kappa shape index (κ3) is 3.55. The number of amides is 1. The molecule has 7 heteroatoms. The molecule has 0 saturated heterocycles. The third-order valence-corrected chi connectivity index (χ3v) is 3.63. The van der Waals surface area contributed by atoms with E-state index in [1.165, 1.54) is 30.3 Å². The van der Waals surface area contributed by atoms with E-state index in [0.29, 0.717) is 9.26 Å². The molecule has 0 bridgehead atoms. The Morgan fingerprint density at radius 2 is 2.00 bits per heavy atom. The van der Waals surface area contributed by atoms with Gasteiger partial charge in [0.05, 0.1) is 11.3 Å². The molecule has 0 aliphatic heterocycles. The summed E-state index contributed by atoms with van der Waals surface area (Å²) in [4.78, 5) is 15.8. The van der Waals surface area contributed by atoms with Crippen LogP contribution in [0.1, 0.15) is 10.4 Å². The van der Waals surface area contributed by atoms with Gasteiger partial charge in [0.1, 0.15) is 16.1 Å². The first-order valence-corrected chi connectivity index (χ1v) is 6.89. The second-order valence-corrected chi connectivity index (χ2v) is 5.46. The molecule has 1 aromatic heterocycles. The summed E-state index contributed by atoms with van der Waals surface area (Å²) in [7, 11) is 0. The van der Waals surface area contributed by atoms with E-state index in [4.69, 9.17) is 23.2 Å². The molecule has 3 nitrogen and oxygen atoms in total. The van der Waals surface area contributed by atoms with Crippen LogP contribution in [-0.2, 0) is 0 Å². The van der Waals surface area contributed by atoms with Crippen LogP contribution in [0, 0.1) is 9.39 Å². The molecule has 0 aliphatic carbocycles. The van der Waals surface area contributed by atoms with Crippen molar-refractivity contribution in [2.24, 2.45) is 0 Å². The molecule has 98 valence electrons. The van der Waals surface area contributed by atoms with E-state index in [1.807, 2.05) is 22.6 Å². The lowest BCUT2D eigenvalue weighted by Crippen LogP contribution is -2.14. The van der Waals surface area contributed by atoms with Gasteiger partial charge in [-0.1, -0.05) is 23.2 Å². The van der Waals surface area contributed by atoms with Crippen LogP contribution in [0.3, 0.4) is 0 Å². The summed E-state index contributed by atoms with van der Waals surface area (Å²) in [6.07, 6.45) is 0. The molecular weight excluding hydrogens is 405 g/mol. The predicted octanol–water partition coefficient (Wildman–Crippen LogP) is 4.38. The molecule has 1 amide bonds. The predicted molar refractivity (Wildman–Crippen MR) is 81.3 cm³/mol. The minimum Gasteiger partial charge on any atom is -0.321 e. The summed E-state index contributed by atoms with van der Waals surface area (Å²) in [5.41, 5.74) is 0.698. The van der Waals surface area contributed by atoms with Gasteiger partial charge in [-0.25, -0.2) is 9.37 Å².